The number of benzene rings is 1. The van der Waals surface area contributed by atoms with E-state index in [2.05, 4.69) is 49.9 Å². The van der Waals surface area contributed by atoms with Gasteiger partial charge in [-0.25, -0.2) is 0 Å². The molecule has 114 valence electrons. The van der Waals surface area contributed by atoms with E-state index in [4.69, 9.17) is 0 Å². The van der Waals surface area contributed by atoms with E-state index in [0.29, 0.717) is 18.4 Å². The summed E-state index contributed by atoms with van der Waals surface area (Å²) < 4.78 is 0. The lowest BCUT2D eigenvalue weighted by Crippen LogP contribution is -2.61. The lowest BCUT2D eigenvalue weighted by Gasteiger charge is -2.47. The average Bonchev–Trinajstić information content (AvgIpc) is 2.34. The number of hydrogen-bond acceptors (Lipinski definition) is 2. The summed E-state index contributed by atoms with van der Waals surface area (Å²) >= 11 is 0. The summed E-state index contributed by atoms with van der Waals surface area (Å²) in [6.07, 6.45) is 1.80. The zero-order chi connectivity index (χ0) is 15.0. The molecule has 0 atom stereocenters. The van der Waals surface area contributed by atoms with Crippen LogP contribution >= 0.6 is 0 Å². The molecule has 3 rings (SSSR count). The highest BCUT2D eigenvalue weighted by molar-refractivity contribution is 5.77. The lowest BCUT2D eigenvalue weighted by atomic mass is 9.90. The first kappa shape index (κ1) is 14.6. The van der Waals surface area contributed by atoms with Crippen molar-refractivity contribution >= 4 is 5.91 Å². The molecule has 1 aromatic rings. The molecule has 2 heterocycles. The van der Waals surface area contributed by atoms with Crippen molar-refractivity contribution in [2.24, 2.45) is 5.41 Å². The molecule has 1 aromatic carbocycles. The summed E-state index contributed by atoms with van der Waals surface area (Å²) in [5.74, 6) is 0.316. The van der Waals surface area contributed by atoms with Crippen molar-refractivity contribution in [1.82, 2.24) is 9.80 Å². The van der Waals surface area contributed by atoms with E-state index < -0.39 is 0 Å². The molecule has 0 unspecified atom stereocenters. The SMILES string of the molecule is CC(C)(C)CC(=O)N1CC(N2CCc3ccccc3C2)C1. The molecular formula is C18H26N2O. The third kappa shape index (κ3) is 3.29. The molecule has 0 aliphatic carbocycles. The number of hydrogen-bond donors (Lipinski definition) is 0. The smallest absolute Gasteiger partial charge is 0.223 e. The zero-order valence-electron chi connectivity index (χ0n) is 13.4. The first-order valence-electron chi connectivity index (χ1n) is 8.01. The Hall–Kier alpha value is -1.35. The van der Waals surface area contributed by atoms with E-state index >= 15 is 0 Å². The quantitative estimate of drug-likeness (QED) is 0.834. The van der Waals surface area contributed by atoms with Gasteiger partial charge in [-0.1, -0.05) is 45.0 Å². The Morgan fingerprint density at radius 1 is 1.19 bits per heavy atom. The highest BCUT2D eigenvalue weighted by Crippen LogP contribution is 2.26. The third-order valence-electron chi connectivity index (χ3n) is 4.57. The molecule has 0 saturated carbocycles. The Kier molecular flexibility index (Phi) is 3.78. The minimum Gasteiger partial charge on any atom is -0.339 e. The maximum absolute atomic E-state index is 12.2. The van der Waals surface area contributed by atoms with Gasteiger partial charge in [0.25, 0.3) is 0 Å². The highest BCUT2D eigenvalue weighted by Gasteiger charge is 2.36. The Bertz CT molecular complexity index is 526. The van der Waals surface area contributed by atoms with E-state index in [1.807, 2.05) is 4.90 Å². The first-order valence-corrected chi connectivity index (χ1v) is 8.01. The molecule has 2 aliphatic rings. The van der Waals surface area contributed by atoms with Crippen LogP contribution in [0.3, 0.4) is 0 Å². The summed E-state index contributed by atoms with van der Waals surface area (Å²) in [7, 11) is 0. The van der Waals surface area contributed by atoms with Gasteiger partial charge >= 0.3 is 0 Å². The summed E-state index contributed by atoms with van der Waals surface area (Å²) in [5, 5.41) is 0. The highest BCUT2D eigenvalue weighted by atomic mass is 16.2. The molecule has 0 bridgehead atoms. The standard InChI is InChI=1S/C18H26N2O/c1-18(2,3)10-17(21)20-12-16(13-20)19-9-8-14-6-4-5-7-15(14)11-19/h4-7,16H,8-13H2,1-3H3. The fraction of sp³-hybridized carbons (Fsp3) is 0.611. The molecule has 0 aromatic heterocycles. The first-order chi connectivity index (χ1) is 9.92. The van der Waals surface area contributed by atoms with Crippen LogP contribution in [0.25, 0.3) is 0 Å². The van der Waals surface area contributed by atoms with Gasteiger partial charge in [-0.2, -0.15) is 0 Å². The van der Waals surface area contributed by atoms with Crippen molar-refractivity contribution < 1.29 is 4.79 Å². The van der Waals surface area contributed by atoms with Gasteiger partial charge < -0.3 is 4.90 Å². The number of fused-ring (bicyclic) bond motifs is 1. The molecular weight excluding hydrogens is 260 g/mol. The normalized spacial score (nSPS) is 20.0. The summed E-state index contributed by atoms with van der Waals surface area (Å²) in [6.45, 7) is 10.4. The predicted molar refractivity (Wildman–Crippen MR) is 85.0 cm³/mol. The Labute approximate surface area is 127 Å². The summed E-state index contributed by atoms with van der Waals surface area (Å²) in [6, 6.07) is 9.30. The molecule has 0 spiro atoms. The van der Waals surface area contributed by atoms with Crippen molar-refractivity contribution in [1.29, 1.82) is 0 Å². The monoisotopic (exact) mass is 286 g/mol. The molecule has 0 N–H and O–H groups in total. The molecule has 2 aliphatic heterocycles. The maximum Gasteiger partial charge on any atom is 0.223 e. The third-order valence-corrected chi connectivity index (χ3v) is 4.57. The molecule has 1 amide bonds. The lowest BCUT2D eigenvalue weighted by molar-refractivity contribution is -0.140. The number of likely N-dealkylation sites (tertiary alicyclic amines) is 1. The molecule has 3 heteroatoms. The summed E-state index contributed by atoms with van der Waals surface area (Å²) in [5.41, 5.74) is 3.05. The Balaban J connectivity index is 1.52. The number of carbonyl (C=O) groups is 1. The van der Waals surface area contributed by atoms with Gasteiger partial charge in [-0.3, -0.25) is 9.69 Å². The van der Waals surface area contributed by atoms with Gasteiger partial charge in [-0.05, 0) is 23.0 Å². The number of amides is 1. The van der Waals surface area contributed by atoms with Gasteiger partial charge in [0.05, 0.1) is 0 Å². The molecule has 21 heavy (non-hydrogen) atoms. The van der Waals surface area contributed by atoms with Gasteiger partial charge in [0.1, 0.15) is 0 Å². The summed E-state index contributed by atoms with van der Waals surface area (Å²) in [4.78, 5) is 16.7. The van der Waals surface area contributed by atoms with Crippen molar-refractivity contribution in [3.05, 3.63) is 35.4 Å². The van der Waals surface area contributed by atoms with Gasteiger partial charge in [-0.15, -0.1) is 0 Å². The molecule has 1 saturated heterocycles. The van der Waals surface area contributed by atoms with Crippen molar-refractivity contribution in [3.8, 4) is 0 Å². The minimum atomic E-state index is 0.0895. The van der Waals surface area contributed by atoms with E-state index in [-0.39, 0.29) is 5.41 Å². The van der Waals surface area contributed by atoms with E-state index in [1.165, 1.54) is 11.1 Å². The van der Waals surface area contributed by atoms with Gasteiger partial charge in [0, 0.05) is 38.6 Å². The Morgan fingerprint density at radius 2 is 1.86 bits per heavy atom. The van der Waals surface area contributed by atoms with Crippen LogP contribution in [0.1, 0.15) is 38.3 Å². The van der Waals surface area contributed by atoms with Crippen LogP contribution in [0, 0.1) is 5.41 Å². The average molecular weight is 286 g/mol. The molecule has 1 fully saturated rings. The van der Waals surface area contributed by atoms with Crippen LogP contribution in [0.15, 0.2) is 24.3 Å². The van der Waals surface area contributed by atoms with Crippen LogP contribution in [0.4, 0.5) is 0 Å². The second kappa shape index (κ2) is 5.45. The number of nitrogens with zero attached hydrogens (tertiary/aromatic N) is 2. The second-order valence-electron chi connectivity index (χ2n) is 7.68. The maximum atomic E-state index is 12.2. The van der Waals surface area contributed by atoms with Crippen LogP contribution in [0.5, 0.6) is 0 Å². The molecule has 3 nitrogen and oxygen atoms in total. The van der Waals surface area contributed by atoms with E-state index in [9.17, 15) is 4.79 Å². The van der Waals surface area contributed by atoms with E-state index in [0.717, 1.165) is 32.6 Å². The predicted octanol–water partition coefficient (Wildman–Crippen LogP) is 2.69. The molecule has 0 radical (unpaired) electrons. The minimum absolute atomic E-state index is 0.0895. The van der Waals surface area contributed by atoms with Crippen LogP contribution in [-0.2, 0) is 17.8 Å². The van der Waals surface area contributed by atoms with Crippen molar-refractivity contribution in [2.75, 3.05) is 19.6 Å². The van der Waals surface area contributed by atoms with Crippen LogP contribution in [0.2, 0.25) is 0 Å². The zero-order valence-corrected chi connectivity index (χ0v) is 13.4. The second-order valence-corrected chi connectivity index (χ2v) is 7.68. The van der Waals surface area contributed by atoms with Gasteiger partial charge in [0.15, 0.2) is 0 Å². The topological polar surface area (TPSA) is 23.6 Å². The fourth-order valence-corrected chi connectivity index (χ4v) is 3.28. The number of rotatable bonds is 2. The Morgan fingerprint density at radius 3 is 2.52 bits per heavy atom. The van der Waals surface area contributed by atoms with Crippen LogP contribution in [-0.4, -0.2) is 41.4 Å². The van der Waals surface area contributed by atoms with E-state index in [1.54, 1.807) is 0 Å². The van der Waals surface area contributed by atoms with Crippen LogP contribution < -0.4 is 0 Å². The van der Waals surface area contributed by atoms with Crippen molar-refractivity contribution in [3.63, 3.8) is 0 Å². The van der Waals surface area contributed by atoms with Crippen molar-refractivity contribution in [2.45, 2.75) is 46.2 Å². The van der Waals surface area contributed by atoms with Gasteiger partial charge in [0.2, 0.25) is 5.91 Å². The largest absolute Gasteiger partial charge is 0.339 e. The fourth-order valence-electron chi connectivity index (χ4n) is 3.28. The number of carbonyl (C=O) groups excluding carboxylic acids is 1.